The van der Waals surface area contributed by atoms with Crippen molar-refractivity contribution in [2.75, 3.05) is 19.8 Å². The average molecular weight is 249 g/mol. The molecule has 3 nitrogen and oxygen atoms in total. The normalized spacial score (nSPS) is 21.2. The number of hydrogen-bond donors (Lipinski definition) is 2. The molecule has 1 aromatic rings. The second-order valence-electron chi connectivity index (χ2n) is 5.31. The Morgan fingerprint density at radius 3 is 2.94 bits per heavy atom. The van der Waals surface area contributed by atoms with E-state index in [2.05, 4.69) is 31.3 Å². The standard InChI is InChI=1S/C15H23NO2/c1-3-15(2,8-9-17)16-10-12-11-18-14-7-5-4-6-13(12)14/h4-7,12,16-17H,3,8-11H2,1-2H3. The third-order valence-electron chi connectivity index (χ3n) is 4.02. The van der Waals surface area contributed by atoms with Crippen molar-refractivity contribution in [3.8, 4) is 5.75 Å². The van der Waals surface area contributed by atoms with Crippen LogP contribution in [0.4, 0.5) is 0 Å². The quantitative estimate of drug-likeness (QED) is 0.813. The van der Waals surface area contributed by atoms with E-state index < -0.39 is 0 Å². The molecule has 2 N–H and O–H groups in total. The monoisotopic (exact) mass is 249 g/mol. The summed E-state index contributed by atoms with van der Waals surface area (Å²) in [6.07, 6.45) is 1.81. The van der Waals surface area contributed by atoms with E-state index in [4.69, 9.17) is 9.84 Å². The molecule has 1 heterocycles. The summed E-state index contributed by atoms with van der Waals surface area (Å²) in [5.74, 6) is 1.44. The van der Waals surface area contributed by atoms with E-state index in [9.17, 15) is 0 Å². The molecule has 0 amide bonds. The van der Waals surface area contributed by atoms with Crippen LogP contribution in [-0.4, -0.2) is 30.4 Å². The number of benzene rings is 1. The SMILES string of the molecule is CCC(C)(CCO)NCC1COc2ccccc21. The van der Waals surface area contributed by atoms with E-state index >= 15 is 0 Å². The van der Waals surface area contributed by atoms with Gasteiger partial charge < -0.3 is 15.2 Å². The van der Waals surface area contributed by atoms with Gasteiger partial charge in [0, 0.05) is 30.2 Å². The minimum absolute atomic E-state index is 0.0201. The molecule has 18 heavy (non-hydrogen) atoms. The van der Waals surface area contributed by atoms with E-state index in [1.165, 1.54) is 5.56 Å². The molecule has 1 aliphatic heterocycles. The lowest BCUT2D eigenvalue weighted by Gasteiger charge is -2.30. The van der Waals surface area contributed by atoms with Gasteiger partial charge >= 0.3 is 0 Å². The molecular weight excluding hydrogens is 226 g/mol. The van der Waals surface area contributed by atoms with Crippen molar-refractivity contribution in [3.63, 3.8) is 0 Å². The van der Waals surface area contributed by atoms with Gasteiger partial charge in [0.2, 0.25) is 0 Å². The summed E-state index contributed by atoms with van der Waals surface area (Å²) in [6, 6.07) is 8.25. The molecule has 2 atom stereocenters. The summed E-state index contributed by atoms with van der Waals surface area (Å²) < 4.78 is 5.68. The third kappa shape index (κ3) is 2.85. The summed E-state index contributed by atoms with van der Waals surface area (Å²) >= 11 is 0. The average Bonchev–Trinajstić information content (AvgIpc) is 2.80. The summed E-state index contributed by atoms with van der Waals surface area (Å²) in [7, 11) is 0. The molecule has 0 fully saturated rings. The van der Waals surface area contributed by atoms with E-state index in [0.717, 1.165) is 31.7 Å². The largest absolute Gasteiger partial charge is 0.493 e. The van der Waals surface area contributed by atoms with Gasteiger partial charge in [-0.15, -0.1) is 0 Å². The van der Waals surface area contributed by atoms with Gasteiger partial charge in [-0.2, -0.15) is 0 Å². The Hall–Kier alpha value is -1.06. The fourth-order valence-electron chi connectivity index (χ4n) is 2.40. The fraction of sp³-hybridized carbons (Fsp3) is 0.600. The van der Waals surface area contributed by atoms with Crippen molar-refractivity contribution < 1.29 is 9.84 Å². The van der Waals surface area contributed by atoms with E-state index in [1.54, 1.807) is 0 Å². The number of nitrogens with one attached hydrogen (secondary N) is 1. The van der Waals surface area contributed by atoms with Crippen molar-refractivity contribution in [2.24, 2.45) is 0 Å². The van der Waals surface area contributed by atoms with Crippen LogP contribution in [0.2, 0.25) is 0 Å². The molecule has 0 aromatic heterocycles. The lowest BCUT2D eigenvalue weighted by molar-refractivity contribution is 0.210. The first-order valence-corrected chi connectivity index (χ1v) is 6.76. The highest BCUT2D eigenvalue weighted by Gasteiger charge is 2.27. The van der Waals surface area contributed by atoms with Gasteiger partial charge in [-0.3, -0.25) is 0 Å². The molecule has 2 unspecified atom stereocenters. The molecule has 0 bridgehead atoms. The predicted molar refractivity (Wildman–Crippen MR) is 73.1 cm³/mol. The molecule has 100 valence electrons. The van der Waals surface area contributed by atoms with Gasteiger partial charge in [-0.05, 0) is 25.8 Å². The van der Waals surface area contributed by atoms with Crippen molar-refractivity contribution in [2.45, 2.75) is 38.1 Å². The van der Waals surface area contributed by atoms with Crippen molar-refractivity contribution in [1.82, 2.24) is 5.32 Å². The van der Waals surface area contributed by atoms with Gasteiger partial charge in [0.1, 0.15) is 5.75 Å². The van der Waals surface area contributed by atoms with Gasteiger partial charge in [-0.1, -0.05) is 25.1 Å². The predicted octanol–water partition coefficient (Wildman–Crippen LogP) is 2.30. The Bertz CT molecular complexity index is 394. The molecule has 0 saturated carbocycles. The zero-order valence-electron chi connectivity index (χ0n) is 11.3. The lowest BCUT2D eigenvalue weighted by Crippen LogP contribution is -2.44. The molecule has 0 saturated heterocycles. The maximum atomic E-state index is 9.12. The van der Waals surface area contributed by atoms with E-state index in [-0.39, 0.29) is 12.1 Å². The number of fused-ring (bicyclic) bond motifs is 1. The highest BCUT2D eigenvalue weighted by molar-refractivity contribution is 5.39. The number of aliphatic hydroxyl groups is 1. The number of rotatable bonds is 6. The van der Waals surface area contributed by atoms with Crippen LogP contribution in [0.3, 0.4) is 0 Å². The van der Waals surface area contributed by atoms with Crippen LogP contribution in [0, 0.1) is 0 Å². The first kappa shape index (κ1) is 13.4. The zero-order chi connectivity index (χ0) is 13.0. The van der Waals surface area contributed by atoms with E-state index in [0.29, 0.717) is 5.92 Å². The van der Waals surface area contributed by atoms with E-state index in [1.807, 2.05) is 12.1 Å². The van der Waals surface area contributed by atoms with Crippen LogP contribution < -0.4 is 10.1 Å². The molecule has 3 heteroatoms. The van der Waals surface area contributed by atoms with Crippen molar-refractivity contribution >= 4 is 0 Å². The second kappa shape index (κ2) is 5.72. The molecule has 0 spiro atoms. The summed E-state index contributed by atoms with van der Waals surface area (Å²) in [4.78, 5) is 0. The summed E-state index contributed by atoms with van der Waals surface area (Å²) in [5, 5.41) is 12.7. The Kier molecular flexibility index (Phi) is 4.25. The first-order chi connectivity index (χ1) is 8.68. The number of para-hydroxylation sites is 1. The Morgan fingerprint density at radius 2 is 2.22 bits per heavy atom. The van der Waals surface area contributed by atoms with Crippen LogP contribution in [0.5, 0.6) is 5.75 Å². The zero-order valence-corrected chi connectivity index (χ0v) is 11.3. The summed E-state index contributed by atoms with van der Waals surface area (Å²) in [6.45, 7) is 6.22. The maximum Gasteiger partial charge on any atom is 0.122 e. The van der Waals surface area contributed by atoms with Gasteiger partial charge in [0.25, 0.3) is 0 Å². The minimum Gasteiger partial charge on any atom is -0.493 e. The molecular formula is C15H23NO2. The van der Waals surface area contributed by atoms with Crippen LogP contribution in [0.25, 0.3) is 0 Å². The summed E-state index contributed by atoms with van der Waals surface area (Å²) in [5.41, 5.74) is 1.32. The van der Waals surface area contributed by atoms with Gasteiger partial charge in [-0.25, -0.2) is 0 Å². The first-order valence-electron chi connectivity index (χ1n) is 6.76. The van der Waals surface area contributed by atoms with Crippen LogP contribution >= 0.6 is 0 Å². The Labute approximate surface area is 109 Å². The lowest BCUT2D eigenvalue weighted by atomic mass is 9.93. The van der Waals surface area contributed by atoms with Crippen LogP contribution in [-0.2, 0) is 0 Å². The number of ether oxygens (including phenoxy) is 1. The van der Waals surface area contributed by atoms with Crippen LogP contribution in [0.1, 0.15) is 38.2 Å². The maximum absolute atomic E-state index is 9.12. The van der Waals surface area contributed by atoms with Crippen molar-refractivity contribution in [1.29, 1.82) is 0 Å². The Morgan fingerprint density at radius 1 is 1.44 bits per heavy atom. The molecule has 2 rings (SSSR count). The molecule has 0 aliphatic carbocycles. The smallest absolute Gasteiger partial charge is 0.122 e. The number of hydrogen-bond acceptors (Lipinski definition) is 3. The topological polar surface area (TPSA) is 41.5 Å². The Balaban J connectivity index is 1.96. The highest BCUT2D eigenvalue weighted by Crippen LogP contribution is 2.33. The van der Waals surface area contributed by atoms with Crippen LogP contribution in [0.15, 0.2) is 24.3 Å². The highest BCUT2D eigenvalue weighted by atomic mass is 16.5. The van der Waals surface area contributed by atoms with Crippen molar-refractivity contribution in [3.05, 3.63) is 29.8 Å². The van der Waals surface area contributed by atoms with Gasteiger partial charge in [0.05, 0.1) is 6.61 Å². The third-order valence-corrected chi connectivity index (χ3v) is 4.02. The molecule has 0 radical (unpaired) electrons. The fourth-order valence-corrected chi connectivity index (χ4v) is 2.40. The molecule has 1 aromatic carbocycles. The minimum atomic E-state index is 0.0201. The second-order valence-corrected chi connectivity index (χ2v) is 5.31. The number of aliphatic hydroxyl groups excluding tert-OH is 1. The molecule has 1 aliphatic rings. The van der Waals surface area contributed by atoms with Gasteiger partial charge in [0.15, 0.2) is 0 Å².